The van der Waals surface area contributed by atoms with Crippen LogP contribution in [0.15, 0.2) is 0 Å². The molecule has 0 aromatic rings. The Hall–Kier alpha value is -0.120. The highest BCUT2D eigenvalue weighted by molar-refractivity contribution is 4.99. The molecule has 0 bridgehead atoms. The summed E-state index contributed by atoms with van der Waals surface area (Å²) in [6.07, 6.45) is 6.47. The van der Waals surface area contributed by atoms with Gasteiger partial charge in [0.1, 0.15) is 0 Å². The zero-order valence-corrected chi connectivity index (χ0v) is 11.1. The molecule has 2 heterocycles. The van der Waals surface area contributed by atoms with Crippen molar-refractivity contribution in [1.29, 1.82) is 0 Å². The first-order valence-electron chi connectivity index (χ1n) is 7.08. The van der Waals surface area contributed by atoms with Crippen LogP contribution in [0.4, 0.5) is 0 Å². The van der Waals surface area contributed by atoms with Crippen LogP contribution in [0.5, 0.6) is 0 Å². The van der Waals surface area contributed by atoms with E-state index < -0.39 is 0 Å². The Morgan fingerprint density at radius 2 is 1.88 bits per heavy atom. The standard InChI is InChI=1S/C14H25NO2/c1-13(2)4-6-14(7-5-13)10-15-11-9-16-8-3-12(11)17-14/h11-12,15H,3-10H2,1-2H3. The van der Waals surface area contributed by atoms with Gasteiger partial charge in [0.15, 0.2) is 0 Å². The summed E-state index contributed by atoms with van der Waals surface area (Å²) < 4.78 is 12.0. The maximum Gasteiger partial charge on any atom is 0.0811 e. The number of hydrogen-bond donors (Lipinski definition) is 1. The molecule has 2 atom stereocenters. The molecule has 3 heteroatoms. The Kier molecular flexibility index (Phi) is 2.96. The van der Waals surface area contributed by atoms with Gasteiger partial charge in [-0.25, -0.2) is 0 Å². The molecule has 3 aliphatic rings. The fourth-order valence-electron chi connectivity index (χ4n) is 3.41. The third-order valence-electron chi connectivity index (χ3n) is 4.90. The lowest BCUT2D eigenvalue weighted by atomic mass is 9.70. The highest BCUT2D eigenvalue weighted by Crippen LogP contribution is 2.44. The SMILES string of the molecule is CC1(C)CCC2(CC1)CNC1COCCC1O2. The minimum Gasteiger partial charge on any atom is -0.380 e. The van der Waals surface area contributed by atoms with E-state index in [1.54, 1.807) is 0 Å². The maximum atomic E-state index is 6.47. The highest BCUT2D eigenvalue weighted by Gasteiger charge is 2.45. The van der Waals surface area contributed by atoms with Crippen molar-refractivity contribution in [1.82, 2.24) is 5.32 Å². The van der Waals surface area contributed by atoms with Gasteiger partial charge in [-0.05, 0) is 37.5 Å². The van der Waals surface area contributed by atoms with Gasteiger partial charge in [-0.1, -0.05) is 13.8 Å². The Labute approximate surface area is 104 Å². The number of fused-ring (bicyclic) bond motifs is 1. The first-order chi connectivity index (χ1) is 8.09. The molecule has 98 valence electrons. The van der Waals surface area contributed by atoms with Gasteiger partial charge in [-0.2, -0.15) is 0 Å². The van der Waals surface area contributed by atoms with E-state index in [4.69, 9.17) is 9.47 Å². The molecule has 0 amide bonds. The van der Waals surface area contributed by atoms with Gasteiger partial charge in [0.2, 0.25) is 0 Å². The maximum absolute atomic E-state index is 6.47. The van der Waals surface area contributed by atoms with Crippen molar-refractivity contribution in [2.24, 2.45) is 5.41 Å². The Bertz CT molecular complexity index is 280. The fourth-order valence-corrected chi connectivity index (χ4v) is 3.41. The van der Waals surface area contributed by atoms with E-state index in [0.29, 0.717) is 17.6 Å². The highest BCUT2D eigenvalue weighted by atomic mass is 16.5. The lowest BCUT2D eigenvalue weighted by molar-refractivity contribution is -0.186. The van der Waals surface area contributed by atoms with Gasteiger partial charge in [0.05, 0.1) is 24.4 Å². The summed E-state index contributed by atoms with van der Waals surface area (Å²) >= 11 is 0. The van der Waals surface area contributed by atoms with Crippen molar-refractivity contribution in [3.05, 3.63) is 0 Å². The van der Waals surface area contributed by atoms with Crippen LogP contribution in [-0.2, 0) is 9.47 Å². The van der Waals surface area contributed by atoms with Gasteiger partial charge < -0.3 is 14.8 Å². The van der Waals surface area contributed by atoms with E-state index in [1.807, 2.05) is 0 Å². The van der Waals surface area contributed by atoms with E-state index in [1.165, 1.54) is 25.7 Å². The van der Waals surface area contributed by atoms with Crippen LogP contribution in [0, 0.1) is 5.41 Å². The molecule has 1 saturated carbocycles. The zero-order chi connectivity index (χ0) is 11.9. The van der Waals surface area contributed by atoms with Crippen LogP contribution in [0.3, 0.4) is 0 Å². The second-order valence-corrected chi connectivity index (χ2v) is 6.85. The molecule has 3 fully saturated rings. The molecule has 0 aromatic carbocycles. The van der Waals surface area contributed by atoms with E-state index >= 15 is 0 Å². The minimum atomic E-state index is 0.133. The third-order valence-corrected chi connectivity index (χ3v) is 4.90. The molecule has 1 aliphatic carbocycles. The molecule has 1 spiro atoms. The first kappa shape index (κ1) is 11.9. The smallest absolute Gasteiger partial charge is 0.0811 e. The molecular weight excluding hydrogens is 214 g/mol. The number of rotatable bonds is 0. The van der Waals surface area contributed by atoms with Gasteiger partial charge in [-0.15, -0.1) is 0 Å². The predicted molar refractivity (Wildman–Crippen MR) is 67.1 cm³/mol. The average molecular weight is 239 g/mol. The number of nitrogens with one attached hydrogen (secondary N) is 1. The number of hydrogen-bond acceptors (Lipinski definition) is 3. The van der Waals surface area contributed by atoms with E-state index in [-0.39, 0.29) is 5.60 Å². The van der Waals surface area contributed by atoms with Gasteiger partial charge in [0, 0.05) is 13.2 Å². The van der Waals surface area contributed by atoms with E-state index in [0.717, 1.165) is 26.2 Å². The Morgan fingerprint density at radius 1 is 1.12 bits per heavy atom. The molecule has 0 radical (unpaired) electrons. The summed E-state index contributed by atoms with van der Waals surface area (Å²) in [6, 6.07) is 0.435. The quantitative estimate of drug-likeness (QED) is 0.702. The van der Waals surface area contributed by atoms with Crippen molar-refractivity contribution < 1.29 is 9.47 Å². The van der Waals surface area contributed by atoms with Gasteiger partial charge in [0.25, 0.3) is 0 Å². The van der Waals surface area contributed by atoms with Gasteiger partial charge in [-0.3, -0.25) is 0 Å². The van der Waals surface area contributed by atoms with Crippen molar-refractivity contribution in [2.75, 3.05) is 19.8 Å². The second-order valence-electron chi connectivity index (χ2n) is 6.85. The lowest BCUT2D eigenvalue weighted by Gasteiger charge is -2.51. The second kappa shape index (κ2) is 4.22. The van der Waals surface area contributed by atoms with E-state index in [9.17, 15) is 0 Å². The zero-order valence-electron chi connectivity index (χ0n) is 11.1. The van der Waals surface area contributed by atoms with Crippen LogP contribution < -0.4 is 5.32 Å². The predicted octanol–water partition coefficient (Wildman–Crippen LogP) is 2.10. The van der Waals surface area contributed by atoms with Crippen LogP contribution in [0.1, 0.15) is 46.0 Å². The summed E-state index contributed by atoms with van der Waals surface area (Å²) in [5.41, 5.74) is 0.648. The monoisotopic (exact) mass is 239 g/mol. The Morgan fingerprint density at radius 3 is 2.65 bits per heavy atom. The minimum absolute atomic E-state index is 0.133. The topological polar surface area (TPSA) is 30.5 Å². The molecule has 0 aromatic heterocycles. The molecule has 17 heavy (non-hydrogen) atoms. The summed E-state index contributed by atoms with van der Waals surface area (Å²) in [7, 11) is 0. The first-order valence-corrected chi connectivity index (χ1v) is 7.08. The lowest BCUT2D eigenvalue weighted by Crippen LogP contribution is -2.63. The fraction of sp³-hybridized carbons (Fsp3) is 1.00. The Balaban J connectivity index is 1.65. The number of ether oxygens (including phenoxy) is 2. The van der Waals surface area contributed by atoms with Crippen molar-refractivity contribution in [2.45, 2.75) is 63.7 Å². The molecule has 2 unspecified atom stereocenters. The molecule has 1 N–H and O–H groups in total. The largest absolute Gasteiger partial charge is 0.380 e. The van der Waals surface area contributed by atoms with Crippen molar-refractivity contribution in [3.8, 4) is 0 Å². The van der Waals surface area contributed by atoms with Crippen LogP contribution >= 0.6 is 0 Å². The molecule has 2 saturated heterocycles. The normalized spacial score (nSPS) is 39.9. The van der Waals surface area contributed by atoms with Crippen LogP contribution in [-0.4, -0.2) is 37.5 Å². The molecule has 3 rings (SSSR count). The van der Waals surface area contributed by atoms with Crippen molar-refractivity contribution in [3.63, 3.8) is 0 Å². The summed E-state index contributed by atoms with van der Waals surface area (Å²) in [5.74, 6) is 0. The van der Waals surface area contributed by atoms with Gasteiger partial charge >= 0.3 is 0 Å². The summed E-state index contributed by atoms with van der Waals surface area (Å²) in [4.78, 5) is 0. The molecule has 2 aliphatic heterocycles. The van der Waals surface area contributed by atoms with Crippen LogP contribution in [0.2, 0.25) is 0 Å². The third kappa shape index (κ3) is 2.38. The van der Waals surface area contributed by atoms with E-state index in [2.05, 4.69) is 19.2 Å². The summed E-state index contributed by atoms with van der Waals surface area (Å²) in [5, 5.41) is 3.66. The van der Waals surface area contributed by atoms with Crippen molar-refractivity contribution >= 4 is 0 Å². The summed E-state index contributed by atoms with van der Waals surface area (Å²) in [6.45, 7) is 7.48. The average Bonchev–Trinajstić information content (AvgIpc) is 2.34. The molecular formula is C14H25NO2. The molecule has 3 nitrogen and oxygen atoms in total. The number of morpholine rings is 1. The van der Waals surface area contributed by atoms with Crippen LogP contribution in [0.25, 0.3) is 0 Å².